The summed E-state index contributed by atoms with van der Waals surface area (Å²) in [7, 11) is 0. The van der Waals surface area contributed by atoms with Crippen LogP contribution in [0.3, 0.4) is 0 Å². The van der Waals surface area contributed by atoms with Gasteiger partial charge in [-0.15, -0.1) is 10.2 Å². The number of benzene rings is 3. The van der Waals surface area contributed by atoms with Gasteiger partial charge in [-0.25, -0.2) is 4.98 Å². The predicted molar refractivity (Wildman–Crippen MR) is 125 cm³/mol. The number of azo groups is 1. The van der Waals surface area contributed by atoms with E-state index in [4.69, 9.17) is 0 Å². The Kier molecular flexibility index (Phi) is 5.24. The Labute approximate surface area is 187 Å². The summed E-state index contributed by atoms with van der Waals surface area (Å²) in [5.41, 5.74) is 2.95. The lowest BCUT2D eigenvalue weighted by molar-refractivity contribution is -0.118. The molecule has 1 amide bonds. The molecule has 5 aromatic rings. The zero-order chi connectivity index (χ0) is 22.8. The van der Waals surface area contributed by atoms with Crippen LogP contribution in [0.2, 0.25) is 0 Å². The van der Waals surface area contributed by atoms with Crippen molar-refractivity contribution in [3.8, 4) is 5.88 Å². The third kappa shape index (κ3) is 4.01. The Morgan fingerprint density at radius 1 is 0.970 bits per heavy atom. The topological polar surface area (TPSA) is 113 Å². The molecule has 5 rings (SSSR count). The molecule has 0 aliphatic carbocycles. The zero-order valence-corrected chi connectivity index (χ0v) is 17.5. The Hall–Kier alpha value is -4.59. The summed E-state index contributed by atoms with van der Waals surface area (Å²) in [6, 6.07) is 23.9. The predicted octanol–water partition coefficient (Wildman–Crippen LogP) is 4.48. The van der Waals surface area contributed by atoms with E-state index >= 15 is 0 Å². The SMILES string of the molecule is O=C(Cn1c(=O)c(Cc2ccccc2)nc2ccccc21)N=Nc1c(O)[nH]c2ccccc12. The molecule has 0 radical (unpaired) electrons. The summed E-state index contributed by atoms with van der Waals surface area (Å²) < 4.78 is 1.37. The number of para-hydroxylation sites is 3. The Morgan fingerprint density at radius 2 is 1.70 bits per heavy atom. The van der Waals surface area contributed by atoms with Crippen LogP contribution in [0.5, 0.6) is 5.88 Å². The first-order chi connectivity index (χ1) is 16.1. The number of nitrogens with one attached hydrogen (secondary N) is 1. The minimum Gasteiger partial charge on any atom is -0.493 e. The molecule has 3 aromatic carbocycles. The molecule has 2 N–H and O–H groups in total. The lowest BCUT2D eigenvalue weighted by atomic mass is 10.1. The van der Waals surface area contributed by atoms with Crippen molar-refractivity contribution in [2.75, 3.05) is 0 Å². The van der Waals surface area contributed by atoms with Gasteiger partial charge < -0.3 is 10.1 Å². The number of hydrogen-bond donors (Lipinski definition) is 2. The smallest absolute Gasteiger partial charge is 0.284 e. The monoisotopic (exact) mass is 437 g/mol. The molecule has 0 saturated heterocycles. The molecule has 162 valence electrons. The van der Waals surface area contributed by atoms with Gasteiger partial charge in [-0.2, -0.15) is 0 Å². The summed E-state index contributed by atoms with van der Waals surface area (Å²) in [4.78, 5) is 33.2. The Bertz CT molecular complexity index is 1570. The van der Waals surface area contributed by atoms with E-state index in [1.807, 2.05) is 42.5 Å². The van der Waals surface area contributed by atoms with E-state index in [1.165, 1.54) is 4.57 Å². The third-order valence-corrected chi connectivity index (χ3v) is 5.35. The van der Waals surface area contributed by atoms with Crippen molar-refractivity contribution in [1.29, 1.82) is 0 Å². The van der Waals surface area contributed by atoms with E-state index in [0.29, 0.717) is 34.1 Å². The average Bonchev–Trinajstić information content (AvgIpc) is 3.16. The molecule has 2 aromatic heterocycles. The number of amides is 1. The van der Waals surface area contributed by atoms with Crippen molar-refractivity contribution in [3.63, 3.8) is 0 Å². The number of aromatic hydroxyl groups is 1. The molecule has 0 fully saturated rings. The molecule has 2 heterocycles. The number of carbonyl (C=O) groups excluding carboxylic acids is 1. The third-order valence-electron chi connectivity index (χ3n) is 5.35. The fraction of sp³-hybridized carbons (Fsp3) is 0.0800. The van der Waals surface area contributed by atoms with E-state index in [0.717, 1.165) is 5.56 Å². The largest absolute Gasteiger partial charge is 0.493 e. The van der Waals surface area contributed by atoms with Crippen molar-refractivity contribution in [3.05, 3.63) is 100 Å². The van der Waals surface area contributed by atoms with Gasteiger partial charge >= 0.3 is 0 Å². The maximum atomic E-state index is 13.2. The van der Waals surface area contributed by atoms with Gasteiger partial charge in [0.1, 0.15) is 12.2 Å². The Morgan fingerprint density at radius 3 is 2.55 bits per heavy atom. The Balaban J connectivity index is 1.49. The second kappa shape index (κ2) is 8.51. The normalized spacial score (nSPS) is 11.5. The fourth-order valence-corrected chi connectivity index (χ4v) is 3.79. The van der Waals surface area contributed by atoms with E-state index in [-0.39, 0.29) is 23.7 Å². The molecule has 8 nitrogen and oxygen atoms in total. The average molecular weight is 437 g/mol. The molecule has 33 heavy (non-hydrogen) atoms. The first kappa shape index (κ1) is 20.3. The van der Waals surface area contributed by atoms with E-state index in [2.05, 4.69) is 20.2 Å². The van der Waals surface area contributed by atoms with Crippen LogP contribution in [0, 0.1) is 0 Å². The van der Waals surface area contributed by atoms with Crippen LogP contribution >= 0.6 is 0 Å². The summed E-state index contributed by atoms with van der Waals surface area (Å²) in [5, 5.41) is 18.5. The second-order valence-electron chi connectivity index (χ2n) is 7.56. The lowest BCUT2D eigenvalue weighted by Crippen LogP contribution is -2.28. The van der Waals surface area contributed by atoms with Crippen molar-refractivity contribution in [1.82, 2.24) is 14.5 Å². The molecule has 0 aliphatic rings. The van der Waals surface area contributed by atoms with Gasteiger partial charge in [0.25, 0.3) is 11.5 Å². The molecule has 0 spiro atoms. The molecular formula is C25H19N5O3. The minimum atomic E-state index is -0.621. The molecule has 8 heteroatoms. The summed E-state index contributed by atoms with van der Waals surface area (Å²) in [6.45, 7) is -0.295. The van der Waals surface area contributed by atoms with Crippen molar-refractivity contribution >= 4 is 33.5 Å². The highest BCUT2D eigenvalue weighted by atomic mass is 16.3. The van der Waals surface area contributed by atoms with Crippen LogP contribution in [-0.4, -0.2) is 25.5 Å². The number of aromatic nitrogens is 3. The number of fused-ring (bicyclic) bond motifs is 2. The van der Waals surface area contributed by atoms with Gasteiger partial charge in [0.2, 0.25) is 5.88 Å². The fourth-order valence-electron chi connectivity index (χ4n) is 3.79. The van der Waals surface area contributed by atoms with E-state index in [1.54, 1.807) is 36.4 Å². The number of hydrogen-bond acceptors (Lipinski definition) is 5. The van der Waals surface area contributed by atoms with Gasteiger partial charge in [0, 0.05) is 11.8 Å². The van der Waals surface area contributed by atoms with Gasteiger partial charge in [-0.1, -0.05) is 60.7 Å². The molecule has 0 aliphatic heterocycles. The second-order valence-corrected chi connectivity index (χ2v) is 7.56. The maximum absolute atomic E-state index is 13.2. The van der Waals surface area contributed by atoms with Crippen molar-refractivity contribution < 1.29 is 9.90 Å². The van der Waals surface area contributed by atoms with Crippen LogP contribution in [0.1, 0.15) is 11.3 Å². The van der Waals surface area contributed by atoms with E-state index in [9.17, 15) is 14.7 Å². The van der Waals surface area contributed by atoms with Crippen LogP contribution in [-0.2, 0) is 17.8 Å². The molecule has 0 atom stereocenters. The van der Waals surface area contributed by atoms with Gasteiger partial charge in [0.15, 0.2) is 5.69 Å². The van der Waals surface area contributed by atoms with Crippen LogP contribution in [0.15, 0.2) is 93.9 Å². The number of aromatic amines is 1. The molecule has 0 unspecified atom stereocenters. The van der Waals surface area contributed by atoms with Crippen LogP contribution in [0.25, 0.3) is 21.9 Å². The number of carbonyl (C=O) groups is 1. The summed E-state index contributed by atoms with van der Waals surface area (Å²) in [6.07, 6.45) is 0.351. The highest BCUT2D eigenvalue weighted by Gasteiger charge is 2.15. The standard InChI is InChI=1S/C25H19N5O3/c31-22(28-29-23-17-10-4-5-11-18(17)27-24(23)32)15-30-21-13-7-6-12-19(21)26-20(25(30)33)14-16-8-2-1-3-9-16/h1-13,27,32H,14-15H2. The van der Waals surface area contributed by atoms with Crippen LogP contribution < -0.4 is 5.56 Å². The van der Waals surface area contributed by atoms with Crippen molar-refractivity contribution in [2.45, 2.75) is 13.0 Å². The molecular weight excluding hydrogens is 418 g/mol. The summed E-state index contributed by atoms with van der Waals surface area (Å²) in [5.74, 6) is -0.798. The summed E-state index contributed by atoms with van der Waals surface area (Å²) >= 11 is 0. The van der Waals surface area contributed by atoms with Gasteiger partial charge in [-0.05, 0) is 23.8 Å². The van der Waals surface area contributed by atoms with Gasteiger partial charge in [0.05, 0.1) is 16.6 Å². The first-order valence-corrected chi connectivity index (χ1v) is 10.4. The zero-order valence-electron chi connectivity index (χ0n) is 17.5. The first-order valence-electron chi connectivity index (χ1n) is 10.4. The number of nitrogens with zero attached hydrogens (tertiary/aromatic N) is 4. The highest BCUT2D eigenvalue weighted by Crippen LogP contribution is 2.35. The number of rotatable bonds is 5. The molecule has 0 saturated carbocycles. The van der Waals surface area contributed by atoms with Crippen molar-refractivity contribution in [2.24, 2.45) is 10.2 Å². The maximum Gasteiger partial charge on any atom is 0.284 e. The quantitative estimate of drug-likeness (QED) is 0.395. The number of H-pyrrole nitrogens is 1. The van der Waals surface area contributed by atoms with Gasteiger partial charge in [-0.3, -0.25) is 14.2 Å². The molecule has 0 bridgehead atoms. The minimum absolute atomic E-state index is 0.176. The van der Waals surface area contributed by atoms with E-state index < -0.39 is 5.91 Å². The lowest BCUT2D eigenvalue weighted by Gasteiger charge is -2.10. The highest BCUT2D eigenvalue weighted by molar-refractivity contribution is 5.94. The van der Waals surface area contributed by atoms with Crippen LogP contribution in [0.4, 0.5) is 5.69 Å².